The SMILES string of the molecule is CC(CC=O)c1ccc(N2CCCC2)c(F)c1. The van der Waals surface area contributed by atoms with E-state index < -0.39 is 0 Å². The second-order valence-electron chi connectivity index (χ2n) is 4.71. The van der Waals surface area contributed by atoms with Gasteiger partial charge in [-0.1, -0.05) is 13.0 Å². The van der Waals surface area contributed by atoms with Crippen molar-refractivity contribution in [2.24, 2.45) is 0 Å². The van der Waals surface area contributed by atoms with Gasteiger partial charge in [-0.3, -0.25) is 0 Å². The van der Waals surface area contributed by atoms with Crippen LogP contribution in [-0.4, -0.2) is 19.4 Å². The zero-order valence-electron chi connectivity index (χ0n) is 10.2. The molecule has 17 heavy (non-hydrogen) atoms. The van der Waals surface area contributed by atoms with Gasteiger partial charge in [-0.15, -0.1) is 0 Å². The highest BCUT2D eigenvalue weighted by Gasteiger charge is 2.17. The summed E-state index contributed by atoms with van der Waals surface area (Å²) in [6.07, 6.45) is 3.62. The minimum Gasteiger partial charge on any atom is -0.369 e. The average molecular weight is 235 g/mol. The van der Waals surface area contributed by atoms with Crippen molar-refractivity contribution in [1.29, 1.82) is 0 Å². The molecule has 0 aliphatic carbocycles. The van der Waals surface area contributed by atoms with E-state index in [0.29, 0.717) is 12.1 Å². The molecule has 0 saturated carbocycles. The van der Waals surface area contributed by atoms with Crippen molar-refractivity contribution in [2.45, 2.75) is 32.1 Å². The summed E-state index contributed by atoms with van der Waals surface area (Å²) >= 11 is 0. The minimum absolute atomic E-state index is 0.0922. The van der Waals surface area contributed by atoms with Gasteiger partial charge in [0.25, 0.3) is 0 Å². The number of carbonyl (C=O) groups excluding carboxylic acids is 1. The van der Waals surface area contributed by atoms with Crippen molar-refractivity contribution < 1.29 is 9.18 Å². The van der Waals surface area contributed by atoms with Gasteiger partial charge in [0, 0.05) is 19.5 Å². The molecule has 1 heterocycles. The van der Waals surface area contributed by atoms with E-state index in [1.807, 2.05) is 19.1 Å². The Morgan fingerprint density at radius 2 is 2.12 bits per heavy atom. The summed E-state index contributed by atoms with van der Waals surface area (Å²) in [4.78, 5) is 12.5. The molecule has 1 aromatic rings. The molecule has 1 aromatic carbocycles. The molecule has 1 aliphatic heterocycles. The second-order valence-corrected chi connectivity index (χ2v) is 4.71. The van der Waals surface area contributed by atoms with Crippen molar-refractivity contribution in [3.8, 4) is 0 Å². The molecule has 1 saturated heterocycles. The summed E-state index contributed by atoms with van der Waals surface area (Å²) in [5, 5.41) is 0. The number of aldehydes is 1. The first-order valence-electron chi connectivity index (χ1n) is 6.20. The van der Waals surface area contributed by atoms with E-state index >= 15 is 0 Å². The summed E-state index contributed by atoms with van der Waals surface area (Å²) in [5.41, 5.74) is 1.60. The van der Waals surface area contributed by atoms with Gasteiger partial charge >= 0.3 is 0 Å². The molecule has 1 aliphatic rings. The number of nitrogens with zero attached hydrogens (tertiary/aromatic N) is 1. The largest absolute Gasteiger partial charge is 0.369 e. The van der Waals surface area contributed by atoms with Crippen LogP contribution in [0.2, 0.25) is 0 Å². The fourth-order valence-electron chi connectivity index (χ4n) is 2.32. The second kappa shape index (κ2) is 5.30. The molecule has 0 aromatic heterocycles. The zero-order valence-corrected chi connectivity index (χ0v) is 10.2. The van der Waals surface area contributed by atoms with Gasteiger partial charge in [0.2, 0.25) is 0 Å². The third kappa shape index (κ3) is 2.65. The molecule has 92 valence electrons. The molecular weight excluding hydrogens is 217 g/mol. The van der Waals surface area contributed by atoms with Crippen LogP contribution in [0.5, 0.6) is 0 Å². The molecule has 2 nitrogen and oxygen atoms in total. The zero-order chi connectivity index (χ0) is 12.3. The number of hydrogen-bond acceptors (Lipinski definition) is 2. The van der Waals surface area contributed by atoms with Crippen LogP contribution in [0.1, 0.15) is 37.7 Å². The monoisotopic (exact) mass is 235 g/mol. The van der Waals surface area contributed by atoms with Crippen molar-refractivity contribution in [1.82, 2.24) is 0 Å². The fourth-order valence-corrected chi connectivity index (χ4v) is 2.32. The van der Waals surface area contributed by atoms with Crippen LogP contribution >= 0.6 is 0 Å². The average Bonchev–Trinajstić information content (AvgIpc) is 2.82. The first-order chi connectivity index (χ1) is 8.22. The van der Waals surface area contributed by atoms with Gasteiger partial charge in [0.15, 0.2) is 0 Å². The van der Waals surface area contributed by atoms with Crippen molar-refractivity contribution in [3.63, 3.8) is 0 Å². The van der Waals surface area contributed by atoms with E-state index in [-0.39, 0.29) is 11.7 Å². The van der Waals surface area contributed by atoms with Crippen LogP contribution in [0, 0.1) is 5.82 Å². The Labute approximate surface area is 101 Å². The van der Waals surface area contributed by atoms with E-state index in [1.54, 1.807) is 6.07 Å². The maximum absolute atomic E-state index is 14.0. The molecule has 0 spiro atoms. The highest BCUT2D eigenvalue weighted by molar-refractivity contribution is 5.53. The van der Waals surface area contributed by atoms with Gasteiger partial charge in [-0.05, 0) is 36.5 Å². The normalized spacial score (nSPS) is 17.2. The number of hydrogen-bond donors (Lipinski definition) is 0. The molecule has 0 radical (unpaired) electrons. The highest BCUT2D eigenvalue weighted by Crippen LogP contribution is 2.27. The van der Waals surface area contributed by atoms with Crippen LogP contribution in [0.4, 0.5) is 10.1 Å². The highest BCUT2D eigenvalue weighted by atomic mass is 19.1. The molecule has 0 amide bonds. The van der Waals surface area contributed by atoms with Gasteiger partial charge in [-0.2, -0.15) is 0 Å². The van der Waals surface area contributed by atoms with Crippen LogP contribution in [0.3, 0.4) is 0 Å². The Hall–Kier alpha value is -1.38. The first kappa shape index (κ1) is 12.1. The Bertz CT molecular complexity index is 399. The number of carbonyl (C=O) groups is 1. The Balaban J connectivity index is 2.18. The number of rotatable bonds is 4. The Morgan fingerprint density at radius 1 is 1.41 bits per heavy atom. The fraction of sp³-hybridized carbons (Fsp3) is 0.500. The molecule has 0 bridgehead atoms. The lowest BCUT2D eigenvalue weighted by molar-refractivity contribution is -0.108. The van der Waals surface area contributed by atoms with Gasteiger partial charge in [0.05, 0.1) is 5.69 Å². The molecule has 1 unspecified atom stereocenters. The summed E-state index contributed by atoms with van der Waals surface area (Å²) in [5.74, 6) is -0.0724. The van der Waals surface area contributed by atoms with Crippen LogP contribution < -0.4 is 4.90 Å². The van der Waals surface area contributed by atoms with Gasteiger partial charge < -0.3 is 9.69 Å². The van der Waals surface area contributed by atoms with Crippen molar-refractivity contribution in [2.75, 3.05) is 18.0 Å². The molecular formula is C14H18FNO. The number of benzene rings is 1. The van der Waals surface area contributed by atoms with E-state index in [4.69, 9.17) is 0 Å². The van der Waals surface area contributed by atoms with Gasteiger partial charge in [0.1, 0.15) is 12.1 Å². The lowest BCUT2D eigenvalue weighted by atomic mass is 9.98. The third-order valence-corrected chi connectivity index (χ3v) is 3.44. The van der Waals surface area contributed by atoms with E-state index in [2.05, 4.69) is 4.90 Å². The van der Waals surface area contributed by atoms with Crippen molar-refractivity contribution in [3.05, 3.63) is 29.6 Å². The topological polar surface area (TPSA) is 20.3 Å². The predicted octanol–water partition coefficient (Wildman–Crippen LogP) is 3.12. The Kier molecular flexibility index (Phi) is 3.77. The first-order valence-corrected chi connectivity index (χ1v) is 6.20. The standard InChI is InChI=1S/C14H18FNO/c1-11(6-9-17)12-4-5-14(13(15)10-12)16-7-2-3-8-16/h4-5,9-11H,2-3,6-8H2,1H3. The molecule has 0 N–H and O–H groups in total. The summed E-state index contributed by atoms with van der Waals surface area (Å²) in [6.45, 7) is 3.83. The van der Waals surface area contributed by atoms with E-state index in [9.17, 15) is 9.18 Å². The van der Waals surface area contributed by atoms with Crippen LogP contribution in [0.15, 0.2) is 18.2 Å². The number of anilines is 1. The van der Waals surface area contributed by atoms with Gasteiger partial charge in [-0.25, -0.2) is 4.39 Å². The predicted molar refractivity (Wildman–Crippen MR) is 66.9 cm³/mol. The van der Waals surface area contributed by atoms with E-state index in [1.165, 1.54) is 0 Å². The summed E-state index contributed by atoms with van der Waals surface area (Å²) in [6, 6.07) is 5.35. The Morgan fingerprint density at radius 3 is 2.71 bits per heavy atom. The minimum atomic E-state index is -0.165. The lowest BCUT2D eigenvalue weighted by Crippen LogP contribution is -2.19. The van der Waals surface area contributed by atoms with E-state index in [0.717, 1.165) is 37.8 Å². The number of halogens is 1. The van der Waals surface area contributed by atoms with Crippen molar-refractivity contribution >= 4 is 12.0 Å². The lowest BCUT2D eigenvalue weighted by Gasteiger charge is -2.19. The maximum atomic E-state index is 14.0. The molecule has 1 fully saturated rings. The summed E-state index contributed by atoms with van der Waals surface area (Å²) < 4.78 is 14.0. The maximum Gasteiger partial charge on any atom is 0.146 e. The quantitative estimate of drug-likeness (QED) is 0.747. The molecule has 3 heteroatoms. The molecule has 1 atom stereocenters. The summed E-state index contributed by atoms with van der Waals surface area (Å²) in [7, 11) is 0. The molecule has 2 rings (SSSR count). The third-order valence-electron chi connectivity index (χ3n) is 3.44. The van der Waals surface area contributed by atoms with Crippen LogP contribution in [-0.2, 0) is 4.79 Å². The van der Waals surface area contributed by atoms with Crippen LogP contribution in [0.25, 0.3) is 0 Å². The smallest absolute Gasteiger partial charge is 0.146 e.